The van der Waals surface area contributed by atoms with Crippen LogP contribution in [0, 0.1) is 5.82 Å². The van der Waals surface area contributed by atoms with Crippen molar-refractivity contribution in [3.63, 3.8) is 0 Å². The molecule has 1 atom stereocenters. The number of nitrogens with zero attached hydrogens (tertiary/aromatic N) is 3. The number of aromatic nitrogens is 3. The molecule has 0 unspecified atom stereocenters. The fourth-order valence-electron chi connectivity index (χ4n) is 2.53. The second-order valence-corrected chi connectivity index (χ2v) is 6.29. The summed E-state index contributed by atoms with van der Waals surface area (Å²) in [5.41, 5.74) is -1.98. The van der Waals surface area contributed by atoms with Gasteiger partial charge in [-0.1, -0.05) is 0 Å². The van der Waals surface area contributed by atoms with Crippen LogP contribution in [-0.2, 0) is 7.05 Å². The van der Waals surface area contributed by atoms with Crippen LogP contribution < -0.4 is 10.4 Å². The van der Waals surface area contributed by atoms with E-state index >= 15 is 0 Å². The minimum Gasteiger partial charge on any atom is -0.480 e. The molecule has 1 heterocycles. The number of aromatic carboxylic acids is 1. The van der Waals surface area contributed by atoms with Crippen molar-refractivity contribution in [2.75, 3.05) is 0 Å². The number of ether oxygens (including phenoxy) is 1. The lowest BCUT2D eigenvalue weighted by molar-refractivity contribution is -0.189. The standard InChI is InChI=1S/C16H15F4N3O4/c1-7(16(18,19)20)27-12-6-11(10(17)5-9(12)14(24)25)23-15(26)22(2)13(21-23)8-3-4-8/h5-8H,3-4H2,1-2H3,(H,24,25)/t7-/m0/s1. The highest BCUT2D eigenvalue weighted by atomic mass is 19.4. The van der Waals surface area contributed by atoms with E-state index < -0.39 is 46.8 Å². The molecule has 3 rings (SSSR count). The molecule has 1 saturated carbocycles. The van der Waals surface area contributed by atoms with Crippen molar-refractivity contribution >= 4 is 5.97 Å². The molecule has 11 heteroatoms. The van der Waals surface area contributed by atoms with Crippen molar-refractivity contribution in [2.24, 2.45) is 7.05 Å². The van der Waals surface area contributed by atoms with Gasteiger partial charge in [-0.15, -0.1) is 5.10 Å². The quantitative estimate of drug-likeness (QED) is 0.795. The first-order chi connectivity index (χ1) is 12.5. The van der Waals surface area contributed by atoms with Gasteiger partial charge >= 0.3 is 17.8 Å². The molecule has 27 heavy (non-hydrogen) atoms. The summed E-state index contributed by atoms with van der Waals surface area (Å²) in [7, 11) is 1.45. The van der Waals surface area contributed by atoms with Gasteiger partial charge in [-0.25, -0.2) is 14.0 Å². The van der Waals surface area contributed by atoms with Gasteiger partial charge < -0.3 is 9.84 Å². The van der Waals surface area contributed by atoms with Gasteiger partial charge in [0, 0.05) is 19.0 Å². The predicted octanol–water partition coefficient (Wildman–Crippen LogP) is 2.62. The first kappa shape index (κ1) is 18.9. The largest absolute Gasteiger partial charge is 0.480 e. The summed E-state index contributed by atoms with van der Waals surface area (Å²) in [5.74, 6) is -3.02. The molecule has 0 aliphatic heterocycles. The van der Waals surface area contributed by atoms with Crippen molar-refractivity contribution < 1.29 is 32.2 Å². The van der Waals surface area contributed by atoms with Gasteiger partial charge in [-0.2, -0.15) is 17.9 Å². The monoisotopic (exact) mass is 389 g/mol. The van der Waals surface area contributed by atoms with Crippen LogP contribution in [0.3, 0.4) is 0 Å². The third-order valence-electron chi connectivity index (χ3n) is 4.23. The van der Waals surface area contributed by atoms with Crippen LogP contribution in [0.15, 0.2) is 16.9 Å². The fraction of sp³-hybridized carbons (Fsp3) is 0.438. The third-order valence-corrected chi connectivity index (χ3v) is 4.23. The Morgan fingerprint density at radius 3 is 2.52 bits per heavy atom. The Balaban J connectivity index is 2.12. The van der Waals surface area contributed by atoms with Gasteiger partial charge in [0.2, 0.25) is 0 Å². The lowest BCUT2D eigenvalue weighted by Crippen LogP contribution is -2.32. The van der Waals surface area contributed by atoms with E-state index in [4.69, 9.17) is 9.84 Å². The number of carbonyl (C=O) groups is 1. The molecule has 0 spiro atoms. The van der Waals surface area contributed by atoms with E-state index in [1.54, 1.807) is 0 Å². The van der Waals surface area contributed by atoms with Crippen molar-refractivity contribution in [3.05, 3.63) is 39.8 Å². The highest BCUT2D eigenvalue weighted by Gasteiger charge is 2.39. The Morgan fingerprint density at radius 2 is 2.00 bits per heavy atom. The minimum atomic E-state index is -4.76. The topological polar surface area (TPSA) is 86.4 Å². The zero-order valence-electron chi connectivity index (χ0n) is 14.2. The number of alkyl halides is 3. The molecule has 1 N–H and O–H groups in total. The summed E-state index contributed by atoms with van der Waals surface area (Å²) >= 11 is 0. The molecule has 1 aliphatic rings. The Labute approximate surface area is 149 Å². The van der Waals surface area contributed by atoms with Crippen molar-refractivity contribution in [2.45, 2.75) is 38.0 Å². The number of halogens is 4. The maximum Gasteiger partial charge on any atom is 0.425 e. The van der Waals surface area contributed by atoms with Crippen molar-refractivity contribution in [3.8, 4) is 11.4 Å². The highest BCUT2D eigenvalue weighted by molar-refractivity contribution is 5.91. The second kappa shape index (κ2) is 6.39. The van der Waals surface area contributed by atoms with Gasteiger partial charge in [-0.05, 0) is 25.8 Å². The molecule has 0 saturated heterocycles. The summed E-state index contributed by atoms with van der Waals surface area (Å²) < 4.78 is 59.4. The van der Waals surface area contributed by atoms with Gasteiger partial charge in [-0.3, -0.25) is 4.57 Å². The number of hydrogen-bond acceptors (Lipinski definition) is 4. The van der Waals surface area contributed by atoms with Crippen LogP contribution >= 0.6 is 0 Å². The number of benzene rings is 1. The van der Waals surface area contributed by atoms with Crippen LogP contribution in [-0.4, -0.2) is 37.7 Å². The number of hydrogen-bond donors (Lipinski definition) is 1. The molecule has 0 radical (unpaired) electrons. The lowest BCUT2D eigenvalue weighted by Gasteiger charge is -2.19. The second-order valence-electron chi connectivity index (χ2n) is 6.29. The van der Waals surface area contributed by atoms with E-state index in [1.807, 2.05) is 0 Å². The molecule has 1 aromatic heterocycles. The molecule has 146 valence electrons. The maximum atomic E-state index is 14.4. The number of rotatable bonds is 5. The van der Waals surface area contributed by atoms with E-state index in [9.17, 15) is 27.2 Å². The SMILES string of the molecule is C[C@H](Oc1cc(-n2nc(C3CC3)n(C)c2=O)c(F)cc1C(=O)O)C(F)(F)F. The number of carboxylic acids is 1. The normalized spacial score (nSPS) is 15.6. The Hall–Kier alpha value is -2.85. The van der Waals surface area contributed by atoms with Gasteiger partial charge in [0.15, 0.2) is 6.10 Å². The molecule has 7 nitrogen and oxygen atoms in total. The molecule has 1 aromatic carbocycles. The fourth-order valence-corrected chi connectivity index (χ4v) is 2.53. The summed E-state index contributed by atoms with van der Waals surface area (Å²) in [6, 6.07) is 1.25. The molecule has 1 fully saturated rings. The molecular weight excluding hydrogens is 374 g/mol. The predicted molar refractivity (Wildman–Crippen MR) is 83.8 cm³/mol. The van der Waals surface area contributed by atoms with E-state index in [2.05, 4.69) is 5.10 Å². The Bertz CT molecular complexity index is 960. The van der Waals surface area contributed by atoms with Crippen LogP contribution in [0.25, 0.3) is 5.69 Å². The molecule has 0 bridgehead atoms. The summed E-state index contributed by atoms with van der Waals surface area (Å²) in [6.07, 6.45) is -5.45. The average molecular weight is 389 g/mol. The van der Waals surface area contributed by atoms with Crippen molar-refractivity contribution in [1.82, 2.24) is 14.3 Å². The molecule has 2 aromatic rings. The zero-order valence-corrected chi connectivity index (χ0v) is 14.2. The molecule has 0 amide bonds. The highest BCUT2D eigenvalue weighted by Crippen LogP contribution is 2.38. The zero-order chi connectivity index (χ0) is 20.1. The first-order valence-corrected chi connectivity index (χ1v) is 7.97. The minimum absolute atomic E-state index is 0.0614. The van der Waals surface area contributed by atoms with E-state index in [0.717, 1.165) is 18.9 Å². The van der Waals surface area contributed by atoms with Gasteiger partial charge in [0.1, 0.15) is 28.6 Å². The van der Waals surface area contributed by atoms with Crippen molar-refractivity contribution in [1.29, 1.82) is 0 Å². The first-order valence-electron chi connectivity index (χ1n) is 7.97. The average Bonchev–Trinajstić information content (AvgIpc) is 3.36. The van der Waals surface area contributed by atoms with Crippen LogP contribution in [0.4, 0.5) is 17.6 Å². The smallest absolute Gasteiger partial charge is 0.425 e. The summed E-state index contributed by atoms with van der Waals surface area (Å²) in [5, 5.41) is 13.2. The summed E-state index contributed by atoms with van der Waals surface area (Å²) in [6.45, 7) is 0.687. The Kier molecular flexibility index (Phi) is 4.48. The lowest BCUT2D eigenvalue weighted by atomic mass is 10.1. The van der Waals surface area contributed by atoms with Gasteiger partial charge in [0.25, 0.3) is 0 Å². The maximum absolute atomic E-state index is 14.4. The number of carboxylic acid groups (broad SMARTS) is 1. The van der Waals surface area contributed by atoms with E-state index in [-0.39, 0.29) is 5.92 Å². The van der Waals surface area contributed by atoms with Gasteiger partial charge in [0.05, 0.1) is 0 Å². The third kappa shape index (κ3) is 3.53. The summed E-state index contributed by atoms with van der Waals surface area (Å²) in [4.78, 5) is 23.6. The van der Waals surface area contributed by atoms with Crippen LogP contribution in [0.2, 0.25) is 0 Å². The van der Waals surface area contributed by atoms with Crippen LogP contribution in [0.5, 0.6) is 5.75 Å². The van der Waals surface area contributed by atoms with E-state index in [0.29, 0.717) is 23.5 Å². The molecular formula is C16H15F4N3O4. The Morgan fingerprint density at radius 1 is 1.37 bits per heavy atom. The van der Waals surface area contributed by atoms with E-state index in [1.165, 1.54) is 11.6 Å². The van der Waals surface area contributed by atoms with Crippen LogP contribution in [0.1, 0.15) is 41.9 Å². The molecule has 1 aliphatic carbocycles.